The summed E-state index contributed by atoms with van der Waals surface area (Å²) in [4.78, 5) is 33.5. The number of hydrogen-bond donors (Lipinski definition) is 1. The van der Waals surface area contributed by atoms with Gasteiger partial charge in [0.2, 0.25) is 0 Å². The van der Waals surface area contributed by atoms with E-state index in [-0.39, 0.29) is 23.8 Å². The van der Waals surface area contributed by atoms with Crippen LogP contribution in [0.25, 0.3) is 11.0 Å². The summed E-state index contributed by atoms with van der Waals surface area (Å²) in [6.07, 6.45) is 0.485. The predicted octanol–water partition coefficient (Wildman–Crippen LogP) is 3.67. The summed E-state index contributed by atoms with van der Waals surface area (Å²) in [7, 11) is 1.57. The molecule has 2 aromatic carbocycles. The number of nitrogens with one attached hydrogen (secondary N) is 1. The lowest BCUT2D eigenvalue weighted by Crippen LogP contribution is -2.37. The number of carbonyl (C=O) groups excluding carboxylic acids is 2. The molecule has 0 aliphatic heterocycles. The zero-order chi connectivity index (χ0) is 19.6. The van der Waals surface area contributed by atoms with Crippen molar-refractivity contribution in [3.05, 3.63) is 64.1 Å². The number of aromatic amines is 1. The Hall–Kier alpha value is -2.74. The molecule has 1 atom stereocenters. The number of fused-ring (bicyclic) bond motifs is 1. The van der Waals surface area contributed by atoms with Crippen molar-refractivity contribution in [2.45, 2.75) is 19.6 Å². The zero-order valence-electron chi connectivity index (χ0n) is 14.7. The number of amides is 1. The molecule has 1 heterocycles. The van der Waals surface area contributed by atoms with E-state index in [1.807, 2.05) is 0 Å². The van der Waals surface area contributed by atoms with Crippen molar-refractivity contribution in [2.75, 3.05) is 7.05 Å². The largest absolute Gasteiger partial charge is 0.449 e. The summed E-state index contributed by atoms with van der Waals surface area (Å²) in [5, 5.41) is 0. The Morgan fingerprint density at radius 1 is 1.33 bits per heavy atom. The topological polar surface area (TPSA) is 75.3 Å². The first kappa shape index (κ1) is 19.0. The second-order valence-electron chi connectivity index (χ2n) is 6.12. The fourth-order valence-electron chi connectivity index (χ4n) is 2.74. The Morgan fingerprint density at radius 2 is 2.11 bits per heavy atom. The van der Waals surface area contributed by atoms with Crippen molar-refractivity contribution < 1.29 is 18.7 Å². The van der Waals surface area contributed by atoms with Crippen molar-refractivity contribution in [1.82, 2.24) is 14.9 Å². The van der Waals surface area contributed by atoms with Gasteiger partial charge in [-0.25, -0.2) is 14.2 Å². The van der Waals surface area contributed by atoms with E-state index in [2.05, 4.69) is 25.9 Å². The van der Waals surface area contributed by atoms with Crippen LogP contribution < -0.4 is 0 Å². The van der Waals surface area contributed by atoms with Crippen LogP contribution in [-0.2, 0) is 16.1 Å². The third kappa shape index (κ3) is 4.33. The molecule has 0 unspecified atom stereocenters. The van der Waals surface area contributed by atoms with Gasteiger partial charge in [0.25, 0.3) is 5.91 Å². The van der Waals surface area contributed by atoms with Gasteiger partial charge < -0.3 is 14.6 Å². The highest BCUT2D eigenvalue weighted by atomic mass is 79.9. The minimum Gasteiger partial charge on any atom is -0.449 e. The summed E-state index contributed by atoms with van der Waals surface area (Å²) in [5.41, 5.74) is 2.05. The maximum Gasteiger partial charge on any atom is 0.341 e. The lowest BCUT2D eigenvalue weighted by Gasteiger charge is -2.21. The van der Waals surface area contributed by atoms with E-state index >= 15 is 0 Å². The third-order valence-corrected chi connectivity index (χ3v) is 4.48. The molecule has 0 saturated carbocycles. The average Bonchev–Trinajstić information content (AvgIpc) is 3.08. The number of likely N-dealkylation sites (N-methyl/N-ethyl adjacent to an activating group) is 1. The first-order valence-electron chi connectivity index (χ1n) is 8.18. The van der Waals surface area contributed by atoms with Crippen molar-refractivity contribution in [3.8, 4) is 0 Å². The molecule has 1 amide bonds. The highest BCUT2D eigenvalue weighted by Gasteiger charge is 2.24. The van der Waals surface area contributed by atoms with E-state index in [0.717, 1.165) is 0 Å². The number of halogens is 2. The number of hydrogen-bond acceptors (Lipinski definition) is 4. The molecule has 0 aliphatic carbocycles. The van der Waals surface area contributed by atoms with E-state index < -0.39 is 12.1 Å². The summed E-state index contributed by atoms with van der Waals surface area (Å²) < 4.78 is 19.3. The normalized spacial score (nSPS) is 12.0. The van der Waals surface area contributed by atoms with Gasteiger partial charge >= 0.3 is 5.97 Å². The van der Waals surface area contributed by atoms with Gasteiger partial charge in [-0.05, 0) is 36.8 Å². The monoisotopic (exact) mass is 433 g/mol. The Bertz CT molecular complexity index is 1000. The number of aromatic nitrogens is 2. The molecule has 0 bridgehead atoms. The fourth-order valence-corrected chi connectivity index (χ4v) is 3.20. The molecule has 0 aliphatic rings. The molecule has 3 aromatic rings. The van der Waals surface area contributed by atoms with Gasteiger partial charge in [-0.3, -0.25) is 4.79 Å². The molecule has 1 aromatic heterocycles. The van der Waals surface area contributed by atoms with Crippen molar-refractivity contribution in [3.63, 3.8) is 0 Å². The Kier molecular flexibility index (Phi) is 5.55. The van der Waals surface area contributed by atoms with Crippen LogP contribution in [0.1, 0.15) is 22.8 Å². The second kappa shape index (κ2) is 7.87. The van der Waals surface area contributed by atoms with Gasteiger partial charge in [0.15, 0.2) is 6.10 Å². The van der Waals surface area contributed by atoms with Crippen LogP contribution in [0.2, 0.25) is 0 Å². The minimum atomic E-state index is -0.996. The second-order valence-corrected chi connectivity index (χ2v) is 7.04. The van der Waals surface area contributed by atoms with Gasteiger partial charge in [-0.2, -0.15) is 0 Å². The van der Waals surface area contributed by atoms with E-state index in [0.29, 0.717) is 21.1 Å². The maximum atomic E-state index is 13.3. The molecule has 1 N–H and O–H groups in total. The van der Waals surface area contributed by atoms with E-state index in [1.54, 1.807) is 31.3 Å². The Labute approximate surface area is 163 Å². The Morgan fingerprint density at radius 3 is 2.85 bits per heavy atom. The zero-order valence-corrected chi connectivity index (χ0v) is 16.3. The molecular formula is C19H17BrFN3O3. The number of ether oxygens (including phenoxy) is 1. The summed E-state index contributed by atoms with van der Waals surface area (Å²) in [5.74, 6) is -1.40. The smallest absolute Gasteiger partial charge is 0.341 e. The van der Waals surface area contributed by atoms with Gasteiger partial charge in [0.05, 0.1) is 17.4 Å². The first-order chi connectivity index (χ1) is 12.8. The fraction of sp³-hybridized carbons (Fsp3) is 0.211. The molecule has 0 spiro atoms. The van der Waals surface area contributed by atoms with Crippen LogP contribution >= 0.6 is 15.9 Å². The standard InChI is InChI=1S/C19H17BrFN3O3/c1-11(18(25)24(2)9-12-4-3-5-14(21)6-12)27-19(26)15-7-13(20)8-16-17(15)23-10-22-16/h3-8,10-11H,9H2,1-2H3,(H,22,23)/t11-/m0/s1. The van der Waals surface area contributed by atoms with E-state index in [9.17, 15) is 14.0 Å². The number of benzene rings is 2. The van der Waals surface area contributed by atoms with Crippen LogP contribution in [0.15, 0.2) is 47.2 Å². The maximum absolute atomic E-state index is 13.3. The molecule has 27 heavy (non-hydrogen) atoms. The van der Waals surface area contributed by atoms with Crippen LogP contribution in [0.5, 0.6) is 0 Å². The van der Waals surface area contributed by atoms with Crippen molar-refractivity contribution in [1.29, 1.82) is 0 Å². The number of esters is 1. The number of imidazole rings is 1. The number of carbonyl (C=O) groups is 2. The molecule has 6 nitrogen and oxygen atoms in total. The van der Waals surface area contributed by atoms with E-state index in [4.69, 9.17) is 4.74 Å². The number of rotatable bonds is 5. The highest BCUT2D eigenvalue weighted by Crippen LogP contribution is 2.23. The SMILES string of the molecule is C[C@H](OC(=O)c1cc(Br)cc2[nH]cnc12)C(=O)N(C)Cc1cccc(F)c1. The lowest BCUT2D eigenvalue weighted by molar-refractivity contribution is -0.139. The summed E-state index contributed by atoms with van der Waals surface area (Å²) in [6.45, 7) is 1.71. The van der Waals surface area contributed by atoms with Gasteiger partial charge in [-0.1, -0.05) is 28.1 Å². The lowest BCUT2D eigenvalue weighted by atomic mass is 10.2. The number of H-pyrrole nitrogens is 1. The third-order valence-electron chi connectivity index (χ3n) is 4.02. The van der Waals surface area contributed by atoms with Gasteiger partial charge in [0, 0.05) is 18.1 Å². The molecular weight excluding hydrogens is 417 g/mol. The minimum absolute atomic E-state index is 0.207. The molecule has 0 saturated heterocycles. The molecule has 0 radical (unpaired) electrons. The predicted molar refractivity (Wildman–Crippen MR) is 102 cm³/mol. The average molecular weight is 434 g/mol. The van der Waals surface area contributed by atoms with E-state index in [1.165, 1.54) is 30.3 Å². The first-order valence-corrected chi connectivity index (χ1v) is 8.97. The van der Waals surface area contributed by atoms with Crippen LogP contribution in [0.4, 0.5) is 4.39 Å². The summed E-state index contributed by atoms with van der Waals surface area (Å²) in [6, 6.07) is 9.38. The van der Waals surface area contributed by atoms with Crippen molar-refractivity contribution in [2.24, 2.45) is 0 Å². The van der Waals surface area contributed by atoms with Gasteiger partial charge in [-0.15, -0.1) is 0 Å². The van der Waals surface area contributed by atoms with Crippen LogP contribution in [-0.4, -0.2) is 39.9 Å². The summed E-state index contributed by atoms with van der Waals surface area (Å²) >= 11 is 3.34. The molecule has 140 valence electrons. The highest BCUT2D eigenvalue weighted by molar-refractivity contribution is 9.10. The molecule has 0 fully saturated rings. The quantitative estimate of drug-likeness (QED) is 0.622. The van der Waals surface area contributed by atoms with Crippen LogP contribution in [0, 0.1) is 5.82 Å². The van der Waals surface area contributed by atoms with Crippen LogP contribution in [0.3, 0.4) is 0 Å². The number of nitrogens with zero attached hydrogens (tertiary/aromatic N) is 2. The van der Waals surface area contributed by atoms with Gasteiger partial charge in [0.1, 0.15) is 11.3 Å². The van der Waals surface area contributed by atoms with Crippen molar-refractivity contribution >= 4 is 38.8 Å². The molecule has 8 heteroatoms. The Balaban J connectivity index is 1.70. The molecule has 3 rings (SSSR count).